The molecule has 0 fully saturated rings. The van der Waals surface area contributed by atoms with E-state index in [9.17, 15) is 9.59 Å². The molecule has 0 saturated carbocycles. The van der Waals surface area contributed by atoms with Crippen LogP contribution in [0.5, 0.6) is 23.0 Å². The van der Waals surface area contributed by atoms with Gasteiger partial charge in [-0.05, 0) is 58.9 Å². The number of benzene rings is 2. The van der Waals surface area contributed by atoms with Crippen molar-refractivity contribution >= 4 is 34.7 Å². The first-order valence-corrected chi connectivity index (χ1v) is 11.4. The fourth-order valence-corrected chi connectivity index (χ4v) is 3.19. The number of halogens is 1. The van der Waals surface area contributed by atoms with Crippen molar-refractivity contribution in [3.63, 3.8) is 0 Å². The maximum Gasteiger partial charge on any atom is 0.258 e. The molecule has 0 aliphatic carbocycles. The summed E-state index contributed by atoms with van der Waals surface area (Å²) in [5.74, 6) is 0.587. The molecule has 2 aromatic carbocycles. The Bertz CT molecular complexity index is 1030. The summed E-state index contributed by atoms with van der Waals surface area (Å²) in [6, 6.07) is 6.87. The minimum absolute atomic E-state index is 0.156. The fraction of sp³-hybridized carbons (Fsp3) is 0.417. The summed E-state index contributed by atoms with van der Waals surface area (Å²) in [6.45, 7) is 10.2. The summed E-state index contributed by atoms with van der Waals surface area (Å²) in [6.07, 6.45) is 0. The normalized spacial score (nSPS) is 11.7. The first-order valence-electron chi connectivity index (χ1n) is 11.1. The van der Waals surface area contributed by atoms with Crippen molar-refractivity contribution in [2.45, 2.75) is 40.7 Å². The van der Waals surface area contributed by atoms with Gasteiger partial charge in [-0.15, -0.1) is 0 Å². The lowest BCUT2D eigenvalue weighted by Gasteiger charge is -2.16. The maximum absolute atomic E-state index is 12.9. The molecule has 0 radical (unpaired) electrons. The first kappa shape index (κ1) is 26.9. The molecule has 1 atom stereocenters. The highest BCUT2D eigenvalue weighted by atomic mass is 35.5. The van der Waals surface area contributed by atoms with Crippen LogP contribution < -0.4 is 24.3 Å². The van der Waals surface area contributed by atoms with Crippen molar-refractivity contribution in [3.05, 3.63) is 35.4 Å². The zero-order valence-corrected chi connectivity index (χ0v) is 20.8. The van der Waals surface area contributed by atoms with Crippen molar-refractivity contribution in [2.24, 2.45) is 10.2 Å². The molecule has 9 nitrogen and oxygen atoms in total. The van der Waals surface area contributed by atoms with Gasteiger partial charge in [0.15, 0.2) is 17.3 Å². The molecule has 1 unspecified atom stereocenters. The summed E-state index contributed by atoms with van der Waals surface area (Å²) < 4.78 is 22.2. The number of hydrogen-bond acceptors (Lipinski definition) is 8. The highest BCUT2D eigenvalue weighted by molar-refractivity contribution is 6.35. The molecule has 2 aromatic rings. The van der Waals surface area contributed by atoms with E-state index in [4.69, 9.17) is 30.5 Å². The topological polar surface area (TPSA) is 108 Å². The number of amides is 1. The third-order valence-electron chi connectivity index (χ3n) is 4.36. The van der Waals surface area contributed by atoms with Gasteiger partial charge in [-0.1, -0.05) is 11.6 Å². The van der Waals surface area contributed by atoms with E-state index in [2.05, 4.69) is 15.5 Å². The van der Waals surface area contributed by atoms with Gasteiger partial charge < -0.3 is 24.3 Å². The number of nitrogens with zero attached hydrogens (tertiary/aromatic N) is 2. The predicted molar refractivity (Wildman–Crippen MR) is 130 cm³/mol. The summed E-state index contributed by atoms with van der Waals surface area (Å²) in [7, 11) is 0. The Morgan fingerprint density at radius 3 is 2.15 bits per heavy atom. The molecule has 0 bridgehead atoms. The molecular formula is C24H30ClN3O6. The quantitative estimate of drug-likeness (QED) is 0.288. The lowest BCUT2D eigenvalue weighted by atomic mass is 10.2. The Balaban J connectivity index is 2.32. The molecule has 0 saturated heterocycles. The van der Waals surface area contributed by atoms with E-state index in [1.54, 1.807) is 37.3 Å². The van der Waals surface area contributed by atoms with Crippen LogP contribution in [-0.2, 0) is 9.59 Å². The highest BCUT2D eigenvalue weighted by Crippen LogP contribution is 2.40. The largest absolute Gasteiger partial charge is 0.494 e. The van der Waals surface area contributed by atoms with Crippen LogP contribution in [0.3, 0.4) is 0 Å². The third kappa shape index (κ3) is 7.08. The van der Waals surface area contributed by atoms with E-state index in [0.717, 1.165) is 0 Å². The minimum atomic E-state index is -1.40. The Kier molecular flexibility index (Phi) is 10.6. The van der Waals surface area contributed by atoms with Gasteiger partial charge in [-0.2, -0.15) is 10.2 Å². The molecule has 34 heavy (non-hydrogen) atoms. The van der Waals surface area contributed by atoms with E-state index >= 15 is 0 Å². The van der Waals surface area contributed by atoms with Crippen LogP contribution in [0.15, 0.2) is 40.6 Å². The van der Waals surface area contributed by atoms with Crippen LogP contribution in [0.1, 0.15) is 34.6 Å². The van der Waals surface area contributed by atoms with Gasteiger partial charge in [-0.25, -0.2) is 0 Å². The number of anilines is 1. The number of azo groups is 1. The Labute approximate surface area is 204 Å². The van der Waals surface area contributed by atoms with Crippen LogP contribution in [-0.4, -0.2) is 44.2 Å². The molecule has 0 heterocycles. The van der Waals surface area contributed by atoms with Gasteiger partial charge >= 0.3 is 0 Å². The highest BCUT2D eigenvalue weighted by Gasteiger charge is 2.25. The number of carbonyl (C=O) groups excluding carboxylic acids is 2. The zero-order chi connectivity index (χ0) is 25.1. The molecule has 1 amide bonds. The number of carbonyl (C=O) groups is 2. The van der Waals surface area contributed by atoms with Gasteiger partial charge in [-0.3, -0.25) is 9.59 Å². The van der Waals surface area contributed by atoms with E-state index < -0.39 is 17.7 Å². The van der Waals surface area contributed by atoms with Crippen LogP contribution >= 0.6 is 11.6 Å². The van der Waals surface area contributed by atoms with Crippen LogP contribution in [0.2, 0.25) is 5.02 Å². The lowest BCUT2D eigenvalue weighted by Crippen LogP contribution is -2.32. The van der Waals surface area contributed by atoms with Gasteiger partial charge in [0.25, 0.3) is 5.91 Å². The summed E-state index contributed by atoms with van der Waals surface area (Å²) in [4.78, 5) is 25.1. The molecule has 10 heteroatoms. The van der Waals surface area contributed by atoms with E-state index in [1.165, 1.54) is 6.92 Å². The Morgan fingerprint density at radius 2 is 1.53 bits per heavy atom. The average Bonchev–Trinajstić information content (AvgIpc) is 2.80. The number of nitrogens with one attached hydrogen (secondary N) is 1. The number of ether oxygens (including phenoxy) is 4. The number of rotatable bonds is 13. The van der Waals surface area contributed by atoms with Crippen molar-refractivity contribution in [1.82, 2.24) is 0 Å². The molecule has 1 N–H and O–H groups in total. The zero-order valence-electron chi connectivity index (χ0n) is 20.0. The van der Waals surface area contributed by atoms with Gasteiger partial charge in [0, 0.05) is 6.07 Å². The Morgan fingerprint density at radius 1 is 0.912 bits per heavy atom. The van der Waals surface area contributed by atoms with Crippen molar-refractivity contribution in [2.75, 3.05) is 31.7 Å². The number of Topliss-reactive ketones (excluding diaryl/α,β-unsaturated/α-hetero) is 1. The smallest absolute Gasteiger partial charge is 0.258 e. The molecular weight excluding hydrogens is 462 g/mol. The maximum atomic E-state index is 12.9. The minimum Gasteiger partial charge on any atom is -0.494 e. The fourth-order valence-electron chi connectivity index (χ4n) is 2.93. The average molecular weight is 492 g/mol. The summed E-state index contributed by atoms with van der Waals surface area (Å²) in [5, 5.41) is 10.9. The second-order valence-electron chi connectivity index (χ2n) is 6.83. The summed E-state index contributed by atoms with van der Waals surface area (Å²) in [5.41, 5.74) is 0.595. The lowest BCUT2D eigenvalue weighted by molar-refractivity contribution is -0.126. The monoisotopic (exact) mass is 491 g/mol. The second kappa shape index (κ2) is 13.4. The molecule has 2 rings (SSSR count). The van der Waals surface area contributed by atoms with E-state index in [1.807, 2.05) is 20.8 Å². The van der Waals surface area contributed by atoms with Gasteiger partial charge in [0.05, 0.1) is 32.1 Å². The van der Waals surface area contributed by atoms with Crippen molar-refractivity contribution in [1.29, 1.82) is 0 Å². The van der Waals surface area contributed by atoms with Crippen LogP contribution in [0.4, 0.5) is 11.4 Å². The Hall–Kier alpha value is -3.33. The molecule has 0 aromatic heterocycles. The molecule has 0 spiro atoms. The molecule has 0 aliphatic heterocycles. The SMILES string of the molecule is CCOc1ccc(OCC)c(N=NC(C(C)=O)C(=O)Nc2ccc(OCC)c(OCC)c2Cl)c1. The van der Waals surface area contributed by atoms with E-state index in [-0.39, 0.29) is 10.7 Å². The number of hydrogen-bond donors (Lipinski definition) is 1. The van der Waals surface area contributed by atoms with Crippen LogP contribution in [0.25, 0.3) is 0 Å². The number of ketones is 1. The summed E-state index contributed by atoms with van der Waals surface area (Å²) >= 11 is 6.44. The third-order valence-corrected chi connectivity index (χ3v) is 4.74. The first-order chi connectivity index (χ1) is 16.4. The second-order valence-corrected chi connectivity index (χ2v) is 7.21. The molecule has 0 aliphatic rings. The standard InChI is InChI=1S/C24H30ClN3O6/c1-6-31-16-10-12-19(32-7-2)18(14-16)27-28-22(15(5)29)24(30)26-17-11-13-20(33-8-3)23(21(17)25)34-9-4/h10-14,22H,6-9H2,1-5H3,(H,26,30). The van der Waals surface area contributed by atoms with Crippen LogP contribution in [0, 0.1) is 0 Å². The predicted octanol–water partition coefficient (Wildman–Crippen LogP) is 5.61. The van der Waals surface area contributed by atoms with Crippen molar-refractivity contribution < 1.29 is 28.5 Å². The van der Waals surface area contributed by atoms with Crippen molar-refractivity contribution in [3.8, 4) is 23.0 Å². The van der Waals surface area contributed by atoms with Gasteiger partial charge in [0.2, 0.25) is 6.04 Å². The van der Waals surface area contributed by atoms with E-state index in [0.29, 0.717) is 55.1 Å². The van der Waals surface area contributed by atoms with Gasteiger partial charge in [0.1, 0.15) is 22.2 Å². The molecule has 184 valence electrons.